The van der Waals surface area contributed by atoms with E-state index >= 15 is 0 Å². The standard InChI is InChI=1S/C24H27N3O/c1-2-8-22-23(20-9-4-3-5-10-20)25-18-27(22)17-19-11-13-21(14-12-19)24(28)26-15-6-7-16-26/h3-5,9-14,18H,2,6-8,15-17H2,1H3. The van der Waals surface area contributed by atoms with Crippen LogP contribution in [0.5, 0.6) is 0 Å². The summed E-state index contributed by atoms with van der Waals surface area (Å²) in [7, 11) is 0. The molecule has 4 rings (SSSR count). The Morgan fingerprint density at radius 2 is 1.71 bits per heavy atom. The molecule has 1 aliphatic rings. The van der Waals surface area contributed by atoms with E-state index in [9.17, 15) is 4.79 Å². The van der Waals surface area contributed by atoms with E-state index in [1.165, 1.54) is 11.3 Å². The van der Waals surface area contributed by atoms with Gasteiger partial charge in [-0.1, -0.05) is 55.8 Å². The van der Waals surface area contributed by atoms with Gasteiger partial charge in [-0.15, -0.1) is 0 Å². The van der Waals surface area contributed by atoms with Crippen LogP contribution in [0.2, 0.25) is 0 Å². The zero-order valence-corrected chi connectivity index (χ0v) is 16.5. The van der Waals surface area contributed by atoms with E-state index in [2.05, 4.69) is 47.9 Å². The molecule has 4 heteroatoms. The summed E-state index contributed by atoms with van der Waals surface area (Å²) in [6.45, 7) is 4.74. The van der Waals surface area contributed by atoms with Crippen molar-refractivity contribution in [2.45, 2.75) is 39.2 Å². The van der Waals surface area contributed by atoms with Crippen LogP contribution in [-0.2, 0) is 13.0 Å². The second-order valence-electron chi connectivity index (χ2n) is 7.48. The lowest BCUT2D eigenvalue weighted by Crippen LogP contribution is -2.27. The van der Waals surface area contributed by atoms with Crippen LogP contribution in [0.15, 0.2) is 60.9 Å². The zero-order valence-electron chi connectivity index (χ0n) is 16.5. The molecule has 2 heterocycles. The highest BCUT2D eigenvalue weighted by Crippen LogP contribution is 2.24. The average Bonchev–Trinajstić information content (AvgIpc) is 3.40. The van der Waals surface area contributed by atoms with E-state index in [0.29, 0.717) is 0 Å². The molecule has 3 aromatic rings. The quantitative estimate of drug-likeness (QED) is 0.623. The molecule has 0 unspecified atom stereocenters. The predicted molar refractivity (Wildman–Crippen MR) is 112 cm³/mol. The molecule has 0 bridgehead atoms. The number of imidazole rings is 1. The Kier molecular flexibility index (Phi) is 5.56. The number of carbonyl (C=O) groups excluding carboxylic acids is 1. The molecule has 0 aliphatic carbocycles. The fourth-order valence-corrected chi connectivity index (χ4v) is 3.93. The third-order valence-corrected chi connectivity index (χ3v) is 5.43. The van der Waals surface area contributed by atoms with Gasteiger partial charge >= 0.3 is 0 Å². The Balaban J connectivity index is 1.54. The fraction of sp³-hybridized carbons (Fsp3) is 0.333. The first-order valence-corrected chi connectivity index (χ1v) is 10.2. The molecule has 144 valence electrons. The van der Waals surface area contributed by atoms with E-state index in [4.69, 9.17) is 4.98 Å². The molecule has 1 aromatic heterocycles. The van der Waals surface area contributed by atoms with E-state index < -0.39 is 0 Å². The third kappa shape index (κ3) is 3.86. The molecule has 1 fully saturated rings. The Morgan fingerprint density at radius 1 is 1.00 bits per heavy atom. The second-order valence-corrected chi connectivity index (χ2v) is 7.48. The molecule has 28 heavy (non-hydrogen) atoms. The summed E-state index contributed by atoms with van der Waals surface area (Å²) < 4.78 is 2.24. The highest BCUT2D eigenvalue weighted by atomic mass is 16.2. The SMILES string of the molecule is CCCc1c(-c2ccccc2)ncn1Cc1ccc(C(=O)N2CCCC2)cc1. The van der Waals surface area contributed by atoms with Crippen molar-refractivity contribution in [3.8, 4) is 11.3 Å². The minimum Gasteiger partial charge on any atom is -0.339 e. The Bertz CT molecular complexity index is 922. The van der Waals surface area contributed by atoms with Crippen molar-refractivity contribution < 1.29 is 4.79 Å². The van der Waals surface area contributed by atoms with Crippen LogP contribution in [-0.4, -0.2) is 33.4 Å². The smallest absolute Gasteiger partial charge is 0.253 e. The number of hydrogen-bond donors (Lipinski definition) is 0. The lowest BCUT2D eigenvalue weighted by molar-refractivity contribution is 0.0793. The monoisotopic (exact) mass is 373 g/mol. The van der Waals surface area contributed by atoms with E-state index in [0.717, 1.165) is 62.1 Å². The van der Waals surface area contributed by atoms with Gasteiger partial charge in [0.25, 0.3) is 5.91 Å². The topological polar surface area (TPSA) is 38.1 Å². The second kappa shape index (κ2) is 8.42. The number of rotatable bonds is 6. The number of aromatic nitrogens is 2. The number of hydrogen-bond acceptors (Lipinski definition) is 2. The van der Waals surface area contributed by atoms with Gasteiger partial charge in [0.1, 0.15) is 0 Å². The van der Waals surface area contributed by atoms with Gasteiger partial charge < -0.3 is 9.47 Å². The number of likely N-dealkylation sites (tertiary alicyclic amines) is 1. The van der Waals surface area contributed by atoms with Gasteiger partial charge in [0, 0.05) is 36.5 Å². The summed E-state index contributed by atoms with van der Waals surface area (Å²) in [4.78, 5) is 19.2. The maximum atomic E-state index is 12.5. The van der Waals surface area contributed by atoms with Gasteiger partial charge in [0.15, 0.2) is 0 Å². The van der Waals surface area contributed by atoms with Crippen LogP contribution >= 0.6 is 0 Å². The van der Waals surface area contributed by atoms with Crippen LogP contribution in [0.1, 0.15) is 47.8 Å². The van der Waals surface area contributed by atoms with Gasteiger partial charge in [0.2, 0.25) is 0 Å². The number of nitrogens with zero attached hydrogens (tertiary/aromatic N) is 3. The molecule has 0 saturated carbocycles. The number of benzene rings is 2. The van der Waals surface area contributed by atoms with Gasteiger partial charge in [-0.25, -0.2) is 4.98 Å². The molecular formula is C24H27N3O. The van der Waals surface area contributed by atoms with Gasteiger partial charge in [-0.3, -0.25) is 4.79 Å². The maximum Gasteiger partial charge on any atom is 0.253 e. The van der Waals surface area contributed by atoms with E-state index in [1.807, 2.05) is 29.4 Å². The van der Waals surface area contributed by atoms with Gasteiger partial charge in [0.05, 0.1) is 12.0 Å². The van der Waals surface area contributed by atoms with Gasteiger partial charge in [-0.2, -0.15) is 0 Å². The van der Waals surface area contributed by atoms with Crippen molar-refractivity contribution in [3.05, 3.63) is 77.7 Å². The maximum absolute atomic E-state index is 12.5. The fourth-order valence-electron chi connectivity index (χ4n) is 3.93. The van der Waals surface area contributed by atoms with Crippen molar-refractivity contribution in [1.29, 1.82) is 0 Å². The minimum absolute atomic E-state index is 0.157. The molecule has 1 amide bonds. The molecule has 0 spiro atoms. The third-order valence-electron chi connectivity index (χ3n) is 5.43. The summed E-state index contributed by atoms with van der Waals surface area (Å²) in [5, 5.41) is 0. The number of carbonyl (C=O) groups is 1. The van der Waals surface area contributed by atoms with Crippen LogP contribution in [0.25, 0.3) is 11.3 Å². The van der Waals surface area contributed by atoms with Crippen molar-refractivity contribution in [1.82, 2.24) is 14.5 Å². The van der Waals surface area contributed by atoms with Crippen molar-refractivity contribution >= 4 is 5.91 Å². The molecule has 1 saturated heterocycles. The first-order valence-electron chi connectivity index (χ1n) is 10.2. The van der Waals surface area contributed by atoms with Crippen molar-refractivity contribution in [3.63, 3.8) is 0 Å². The normalized spacial score (nSPS) is 13.8. The number of amides is 1. The Labute approximate surface area is 166 Å². The van der Waals surface area contributed by atoms with E-state index in [-0.39, 0.29) is 5.91 Å². The molecule has 2 aromatic carbocycles. The van der Waals surface area contributed by atoms with Crippen molar-refractivity contribution in [2.24, 2.45) is 0 Å². The first-order chi connectivity index (χ1) is 13.8. The largest absolute Gasteiger partial charge is 0.339 e. The van der Waals surface area contributed by atoms with Crippen LogP contribution in [0.4, 0.5) is 0 Å². The Morgan fingerprint density at radius 3 is 2.39 bits per heavy atom. The summed E-state index contributed by atoms with van der Waals surface area (Å²) in [6, 6.07) is 18.4. The summed E-state index contributed by atoms with van der Waals surface area (Å²) in [5.74, 6) is 0.157. The summed E-state index contributed by atoms with van der Waals surface area (Å²) >= 11 is 0. The van der Waals surface area contributed by atoms with Crippen LogP contribution in [0, 0.1) is 0 Å². The minimum atomic E-state index is 0.157. The molecule has 0 atom stereocenters. The predicted octanol–water partition coefficient (Wildman–Crippen LogP) is 4.79. The van der Waals surface area contributed by atoms with Crippen molar-refractivity contribution in [2.75, 3.05) is 13.1 Å². The van der Waals surface area contributed by atoms with E-state index in [1.54, 1.807) is 0 Å². The highest BCUT2D eigenvalue weighted by molar-refractivity contribution is 5.94. The molecule has 1 aliphatic heterocycles. The lowest BCUT2D eigenvalue weighted by Gasteiger charge is -2.15. The average molecular weight is 374 g/mol. The molecule has 0 N–H and O–H groups in total. The summed E-state index contributed by atoms with van der Waals surface area (Å²) in [6.07, 6.45) is 6.25. The first kappa shape index (κ1) is 18.5. The molecule has 4 nitrogen and oxygen atoms in total. The van der Waals surface area contributed by atoms with Gasteiger partial charge in [-0.05, 0) is 37.0 Å². The van der Waals surface area contributed by atoms with Crippen LogP contribution in [0.3, 0.4) is 0 Å². The lowest BCUT2D eigenvalue weighted by atomic mass is 10.1. The molecule has 0 radical (unpaired) electrons. The Hall–Kier alpha value is -2.88. The molecular weight excluding hydrogens is 346 g/mol. The zero-order chi connectivity index (χ0) is 19.3. The van der Waals surface area contributed by atoms with Crippen LogP contribution < -0.4 is 0 Å². The highest BCUT2D eigenvalue weighted by Gasteiger charge is 2.19. The summed E-state index contributed by atoms with van der Waals surface area (Å²) in [5.41, 5.74) is 5.48.